The molecule has 1 saturated heterocycles. The monoisotopic (exact) mass is 276 g/mol. The van der Waals surface area contributed by atoms with Gasteiger partial charge in [0.05, 0.1) is 7.11 Å². The molecule has 0 aromatic heterocycles. The standard InChI is InChI=1S/C16H24N2O2/c1-18(12-9-13-7-10-17-11-8-13)16(19)14-3-5-15(20-2)6-4-14/h3-6,13,17H,7-12H2,1-2H3. The highest BCUT2D eigenvalue weighted by Crippen LogP contribution is 2.17. The average Bonchev–Trinajstić information content (AvgIpc) is 2.53. The van der Waals surface area contributed by atoms with E-state index in [-0.39, 0.29) is 5.91 Å². The molecule has 2 rings (SSSR count). The van der Waals surface area contributed by atoms with E-state index < -0.39 is 0 Å². The van der Waals surface area contributed by atoms with Crippen molar-refractivity contribution >= 4 is 5.91 Å². The van der Waals surface area contributed by atoms with Crippen LogP contribution in [0.4, 0.5) is 0 Å². The zero-order chi connectivity index (χ0) is 14.4. The van der Waals surface area contributed by atoms with E-state index in [4.69, 9.17) is 4.74 Å². The largest absolute Gasteiger partial charge is 0.497 e. The van der Waals surface area contributed by atoms with Gasteiger partial charge in [-0.15, -0.1) is 0 Å². The number of rotatable bonds is 5. The summed E-state index contributed by atoms with van der Waals surface area (Å²) in [6, 6.07) is 7.30. The number of piperidine rings is 1. The Bertz CT molecular complexity index is 425. The van der Waals surface area contributed by atoms with Crippen LogP contribution in [0.5, 0.6) is 5.75 Å². The molecular formula is C16H24N2O2. The molecule has 1 aliphatic heterocycles. The van der Waals surface area contributed by atoms with Gasteiger partial charge in [-0.05, 0) is 62.5 Å². The SMILES string of the molecule is COc1ccc(C(=O)N(C)CCC2CCNCC2)cc1. The Morgan fingerprint density at radius 1 is 1.30 bits per heavy atom. The van der Waals surface area contributed by atoms with Crippen LogP contribution in [-0.2, 0) is 0 Å². The number of hydrogen-bond donors (Lipinski definition) is 1. The van der Waals surface area contributed by atoms with Crippen LogP contribution in [0.3, 0.4) is 0 Å². The van der Waals surface area contributed by atoms with E-state index in [0.29, 0.717) is 0 Å². The minimum Gasteiger partial charge on any atom is -0.497 e. The molecule has 0 atom stereocenters. The second-order valence-corrected chi connectivity index (χ2v) is 5.44. The van der Waals surface area contributed by atoms with Crippen LogP contribution in [0.2, 0.25) is 0 Å². The zero-order valence-corrected chi connectivity index (χ0v) is 12.4. The van der Waals surface area contributed by atoms with Gasteiger partial charge in [0, 0.05) is 19.2 Å². The zero-order valence-electron chi connectivity index (χ0n) is 12.4. The molecule has 0 radical (unpaired) electrons. The van der Waals surface area contributed by atoms with E-state index in [9.17, 15) is 4.79 Å². The van der Waals surface area contributed by atoms with Crippen LogP contribution in [0, 0.1) is 5.92 Å². The van der Waals surface area contributed by atoms with Crippen molar-refractivity contribution in [1.82, 2.24) is 10.2 Å². The van der Waals surface area contributed by atoms with Crippen molar-refractivity contribution < 1.29 is 9.53 Å². The molecule has 1 amide bonds. The van der Waals surface area contributed by atoms with Gasteiger partial charge in [0.15, 0.2) is 0 Å². The van der Waals surface area contributed by atoms with Crippen molar-refractivity contribution in [1.29, 1.82) is 0 Å². The molecule has 0 saturated carbocycles. The minimum atomic E-state index is 0.0848. The number of benzene rings is 1. The first-order valence-electron chi connectivity index (χ1n) is 7.31. The normalized spacial score (nSPS) is 15.9. The minimum absolute atomic E-state index is 0.0848. The van der Waals surface area contributed by atoms with Crippen LogP contribution >= 0.6 is 0 Å². The lowest BCUT2D eigenvalue weighted by molar-refractivity contribution is 0.0784. The predicted octanol–water partition coefficient (Wildman–Crippen LogP) is 2.16. The summed E-state index contributed by atoms with van der Waals surface area (Å²) >= 11 is 0. The number of carbonyl (C=O) groups is 1. The summed E-state index contributed by atoms with van der Waals surface area (Å²) in [4.78, 5) is 14.1. The molecule has 20 heavy (non-hydrogen) atoms. The second-order valence-electron chi connectivity index (χ2n) is 5.44. The Kier molecular flexibility index (Phi) is 5.41. The highest BCUT2D eigenvalue weighted by Gasteiger charge is 2.16. The van der Waals surface area contributed by atoms with Gasteiger partial charge in [-0.1, -0.05) is 0 Å². The molecule has 0 unspecified atom stereocenters. The highest BCUT2D eigenvalue weighted by atomic mass is 16.5. The van der Waals surface area contributed by atoms with Gasteiger partial charge in [-0.3, -0.25) is 4.79 Å². The Balaban J connectivity index is 1.83. The molecule has 4 heteroatoms. The van der Waals surface area contributed by atoms with E-state index in [1.165, 1.54) is 12.8 Å². The van der Waals surface area contributed by atoms with Crippen LogP contribution in [0.25, 0.3) is 0 Å². The summed E-state index contributed by atoms with van der Waals surface area (Å²) in [5, 5.41) is 3.37. The Labute approximate surface area is 121 Å². The third-order valence-corrected chi connectivity index (χ3v) is 4.02. The Hall–Kier alpha value is -1.55. The van der Waals surface area contributed by atoms with Gasteiger partial charge in [0.2, 0.25) is 0 Å². The summed E-state index contributed by atoms with van der Waals surface area (Å²) in [6.45, 7) is 3.05. The lowest BCUT2D eigenvalue weighted by Crippen LogP contribution is -2.32. The topological polar surface area (TPSA) is 41.6 Å². The lowest BCUT2D eigenvalue weighted by Gasteiger charge is -2.25. The maximum atomic E-state index is 12.3. The Morgan fingerprint density at radius 3 is 2.55 bits per heavy atom. The van der Waals surface area contributed by atoms with Gasteiger partial charge < -0.3 is 15.0 Å². The second kappa shape index (κ2) is 7.29. The van der Waals surface area contributed by atoms with E-state index in [1.54, 1.807) is 7.11 Å². The molecule has 1 aromatic carbocycles. The smallest absolute Gasteiger partial charge is 0.253 e. The molecule has 0 aliphatic carbocycles. The molecule has 4 nitrogen and oxygen atoms in total. The first kappa shape index (κ1) is 14.9. The molecule has 110 valence electrons. The van der Waals surface area contributed by atoms with Gasteiger partial charge in [-0.2, -0.15) is 0 Å². The molecule has 0 bridgehead atoms. The quantitative estimate of drug-likeness (QED) is 0.896. The number of hydrogen-bond acceptors (Lipinski definition) is 3. The van der Waals surface area contributed by atoms with E-state index in [1.807, 2.05) is 36.2 Å². The summed E-state index contributed by atoms with van der Waals surface area (Å²) in [5.74, 6) is 1.61. The predicted molar refractivity (Wildman–Crippen MR) is 80.2 cm³/mol. The molecule has 1 aliphatic rings. The van der Waals surface area contributed by atoms with Crippen molar-refractivity contribution in [2.75, 3.05) is 33.8 Å². The maximum absolute atomic E-state index is 12.3. The number of ether oxygens (including phenoxy) is 1. The van der Waals surface area contributed by atoms with Crippen LogP contribution < -0.4 is 10.1 Å². The number of amides is 1. The highest BCUT2D eigenvalue weighted by molar-refractivity contribution is 5.94. The lowest BCUT2D eigenvalue weighted by atomic mass is 9.94. The summed E-state index contributed by atoms with van der Waals surface area (Å²) in [5.41, 5.74) is 0.721. The number of carbonyl (C=O) groups excluding carboxylic acids is 1. The summed E-state index contributed by atoms with van der Waals surface area (Å²) < 4.78 is 5.11. The number of nitrogens with one attached hydrogen (secondary N) is 1. The molecular weight excluding hydrogens is 252 g/mol. The fourth-order valence-corrected chi connectivity index (χ4v) is 2.60. The van der Waals surface area contributed by atoms with E-state index in [0.717, 1.165) is 43.3 Å². The molecule has 1 fully saturated rings. The van der Waals surface area contributed by atoms with Crippen LogP contribution in [0.1, 0.15) is 29.6 Å². The van der Waals surface area contributed by atoms with Crippen LogP contribution in [-0.4, -0.2) is 44.6 Å². The van der Waals surface area contributed by atoms with E-state index >= 15 is 0 Å². The number of nitrogens with zero attached hydrogens (tertiary/aromatic N) is 1. The molecule has 1 N–H and O–H groups in total. The first-order chi connectivity index (χ1) is 9.70. The molecule has 1 heterocycles. The van der Waals surface area contributed by atoms with E-state index in [2.05, 4.69) is 5.32 Å². The number of methoxy groups -OCH3 is 1. The fraction of sp³-hybridized carbons (Fsp3) is 0.562. The average molecular weight is 276 g/mol. The van der Waals surface area contributed by atoms with Crippen LogP contribution in [0.15, 0.2) is 24.3 Å². The Morgan fingerprint density at radius 2 is 1.95 bits per heavy atom. The van der Waals surface area contributed by atoms with Crippen molar-refractivity contribution in [2.24, 2.45) is 5.92 Å². The van der Waals surface area contributed by atoms with Gasteiger partial charge in [-0.25, -0.2) is 0 Å². The maximum Gasteiger partial charge on any atom is 0.253 e. The summed E-state index contributed by atoms with van der Waals surface area (Å²) in [6.07, 6.45) is 3.55. The third kappa shape index (κ3) is 3.97. The van der Waals surface area contributed by atoms with Crippen molar-refractivity contribution in [3.05, 3.63) is 29.8 Å². The molecule has 0 spiro atoms. The van der Waals surface area contributed by atoms with Gasteiger partial charge in [0.25, 0.3) is 5.91 Å². The third-order valence-electron chi connectivity index (χ3n) is 4.02. The van der Waals surface area contributed by atoms with Crippen molar-refractivity contribution in [3.63, 3.8) is 0 Å². The molecule has 1 aromatic rings. The van der Waals surface area contributed by atoms with Gasteiger partial charge >= 0.3 is 0 Å². The first-order valence-corrected chi connectivity index (χ1v) is 7.31. The summed E-state index contributed by atoms with van der Waals surface area (Å²) in [7, 11) is 3.51. The van der Waals surface area contributed by atoms with Crippen molar-refractivity contribution in [2.45, 2.75) is 19.3 Å². The van der Waals surface area contributed by atoms with Gasteiger partial charge in [0.1, 0.15) is 5.75 Å². The van der Waals surface area contributed by atoms with Crippen molar-refractivity contribution in [3.8, 4) is 5.75 Å². The fourth-order valence-electron chi connectivity index (χ4n) is 2.60.